The number of H-pyrrole nitrogens is 1. The highest BCUT2D eigenvalue weighted by Crippen LogP contribution is 2.09. The fourth-order valence-electron chi connectivity index (χ4n) is 1.62. The van der Waals surface area contributed by atoms with Crippen molar-refractivity contribution >= 4 is 12.3 Å². The van der Waals surface area contributed by atoms with Gasteiger partial charge in [0.15, 0.2) is 12.4 Å². The van der Waals surface area contributed by atoms with Crippen molar-refractivity contribution < 1.29 is 36.2 Å². The molecule has 10 nitrogen and oxygen atoms in total. The summed E-state index contributed by atoms with van der Waals surface area (Å²) in [5.41, 5.74) is 2.48. The molecule has 0 unspecified atom stereocenters. The molecular weight excluding hydrogens is 298 g/mol. The van der Waals surface area contributed by atoms with Gasteiger partial charge in [-0.15, -0.1) is 0 Å². The topological polar surface area (TPSA) is 179 Å². The van der Waals surface area contributed by atoms with E-state index in [2.05, 4.69) is 9.97 Å². The number of aldehydes is 1. The second kappa shape index (κ2) is 8.56. The Balaban J connectivity index is 2.68. The second-order valence-electron chi connectivity index (χ2n) is 4.60. The number of hydrogen-bond acceptors (Lipinski definition) is 9. The number of nitrogens with zero attached hydrogens (tertiary/aromatic N) is 1. The van der Waals surface area contributed by atoms with Crippen LogP contribution in [0.1, 0.15) is 5.69 Å². The number of ether oxygens (including phenoxy) is 1. The highest BCUT2D eigenvalue weighted by molar-refractivity contribution is 5.78. The van der Waals surface area contributed by atoms with Crippen molar-refractivity contribution in [2.24, 2.45) is 5.73 Å². The molecular formula is C12H19N3O7. The van der Waals surface area contributed by atoms with Crippen LogP contribution >= 0.6 is 0 Å². The lowest BCUT2D eigenvalue weighted by molar-refractivity contribution is -0.169. The third-order valence-electron chi connectivity index (χ3n) is 2.92. The van der Waals surface area contributed by atoms with Crippen molar-refractivity contribution in [2.45, 2.75) is 36.9 Å². The fourth-order valence-corrected chi connectivity index (χ4v) is 1.62. The summed E-state index contributed by atoms with van der Waals surface area (Å²) in [4.78, 5) is 29.4. The predicted molar refractivity (Wildman–Crippen MR) is 71.3 cm³/mol. The Morgan fingerprint density at radius 3 is 2.73 bits per heavy atom. The van der Waals surface area contributed by atoms with E-state index >= 15 is 0 Å². The summed E-state index contributed by atoms with van der Waals surface area (Å²) in [6.45, 7) is -0.853. The van der Waals surface area contributed by atoms with E-state index in [-0.39, 0.29) is 12.7 Å². The zero-order chi connectivity index (χ0) is 17.4. The maximum absolute atomic E-state index is 11.9. The number of hydrogen-bond donors (Lipinski definition) is 6. The van der Waals surface area contributed by atoms with Gasteiger partial charge < -0.3 is 35.9 Å². The Morgan fingerprint density at radius 1 is 1.50 bits per heavy atom. The zero-order valence-corrected chi connectivity index (χ0v) is 11.5. The maximum Gasteiger partial charge on any atom is 0.324 e. The van der Waals surface area contributed by atoms with Gasteiger partial charge in [0.05, 0.1) is 12.9 Å². The molecule has 0 spiro atoms. The summed E-state index contributed by atoms with van der Waals surface area (Å²) in [5.74, 6) is -1.02. The number of aromatic nitrogens is 2. The number of aliphatic hydroxyl groups excluding tert-OH is 4. The molecule has 7 N–H and O–H groups in total. The first-order chi connectivity index (χ1) is 10.9. The number of aliphatic hydroxyl groups is 4. The Morgan fingerprint density at radius 2 is 2.23 bits per heavy atom. The largest absolute Gasteiger partial charge is 0.451 e. The van der Waals surface area contributed by atoms with Gasteiger partial charge >= 0.3 is 5.97 Å². The van der Waals surface area contributed by atoms with Crippen molar-refractivity contribution in [3.8, 4) is 0 Å². The van der Waals surface area contributed by atoms with Gasteiger partial charge in [-0.2, -0.15) is 0 Å². The number of imidazole rings is 1. The average molecular weight is 318 g/mol. The Kier molecular flexibility index (Phi) is 6.43. The van der Waals surface area contributed by atoms with Gasteiger partial charge in [-0.3, -0.25) is 9.59 Å². The van der Waals surface area contributed by atoms with E-state index in [4.69, 9.17) is 11.3 Å². The number of nitrogens with two attached hydrogens (primary N) is 1. The first-order valence-corrected chi connectivity index (χ1v) is 6.39. The molecule has 0 fully saturated rings. The quantitative estimate of drug-likeness (QED) is 0.188. The lowest BCUT2D eigenvalue weighted by atomic mass is 10.0. The van der Waals surface area contributed by atoms with E-state index in [0.29, 0.717) is 5.69 Å². The first kappa shape index (κ1) is 16.5. The van der Waals surface area contributed by atoms with Crippen LogP contribution in [0, 0.1) is 0 Å². The number of carbonyl (C=O) groups excluding carboxylic acids is 2. The monoisotopic (exact) mass is 318 g/mol. The average Bonchev–Trinajstić information content (AvgIpc) is 3.08. The second-order valence-corrected chi connectivity index (χ2v) is 4.60. The molecule has 5 atom stereocenters. The van der Waals surface area contributed by atoms with Crippen molar-refractivity contribution in [3.63, 3.8) is 0 Å². The van der Waals surface area contributed by atoms with Crippen molar-refractivity contribution in [3.05, 3.63) is 18.2 Å². The number of esters is 1. The van der Waals surface area contributed by atoms with E-state index in [1.165, 1.54) is 12.5 Å². The van der Waals surface area contributed by atoms with Gasteiger partial charge in [-0.05, 0) is 0 Å². The van der Waals surface area contributed by atoms with Crippen molar-refractivity contribution in [1.82, 2.24) is 9.97 Å². The van der Waals surface area contributed by atoms with Crippen molar-refractivity contribution in [1.29, 1.82) is 0 Å². The molecule has 1 rings (SSSR count). The lowest BCUT2D eigenvalue weighted by Gasteiger charge is -2.26. The maximum atomic E-state index is 11.9. The van der Waals surface area contributed by atoms with Crippen molar-refractivity contribution in [2.75, 3.05) is 6.61 Å². The molecule has 124 valence electrons. The molecule has 0 bridgehead atoms. The summed E-state index contributed by atoms with van der Waals surface area (Å²) >= 11 is 0. The summed E-state index contributed by atoms with van der Waals surface area (Å²) < 4.78 is 11.9. The van der Waals surface area contributed by atoms with Gasteiger partial charge in [0.2, 0.25) is 0 Å². The van der Waals surface area contributed by atoms with Crippen LogP contribution in [-0.4, -0.2) is 79.7 Å². The smallest absolute Gasteiger partial charge is 0.324 e. The van der Waals surface area contributed by atoms with E-state index in [9.17, 15) is 24.9 Å². The molecule has 0 amide bonds. The Bertz CT molecular complexity index is 487. The summed E-state index contributed by atoms with van der Waals surface area (Å²) in [5, 5.41) is 37.2. The lowest BCUT2D eigenvalue weighted by Crippen LogP contribution is -2.49. The molecule has 10 heteroatoms. The van der Waals surface area contributed by atoms with Crippen LogP contribution in [-0.2, 0) is 20.7 Å². The molecule has 0 saturated carbocycles. The number of carbonyl (C=O) groups is 2. The third kappa shape index (κ3) is 4.86. The molecule has 0 radical (unpaired) electrons. The van der Waals surface area contributed by atoms with Crippen LogP contribution in [0.15, 0.2) is 12.5 Å². The molecule has 1 aromatic rings. The SMILES string of the molecule is [2H]N[C@@H](Cc1cnc[nH]1)C(=O)O[C@@H](C=O)[C@@H](O)[C@H](O)[C@H](O)CO. The van der Waals surface area contributed by atoms with Gasteiger partial charge in [-0.1, -0.05) is 0 Å². The molecule has 0 aliphatic heterocycles. The van der Waals surface area contributed by atoms with Gasteiger partial charge in [0.25, 0.3) is 0 Å². The van der Waals surface area contributed by atoms with Crippen LogP contribution in [0.2, 0.25) is 1.41 Å². The minimum Gasteiger partial charge on any atom is -0.451 e. The zero-order valence-electron chi connectivity index (χ0n) is 12.5. The third-order valence-corrected chi connectivity index (χ3v) is 2.92. The van der Waals surface area contributed by atoms with Crippen LogP contribution in [0.4, 0.5) is 0 Å². The van der Waals surface area contributed by atoms with E-state index in [1.54, 1.807) is 0 Å². The normalized spacial score (nSPS) is 18.6. The van der Waals surface area contributed by atoms with E-state index in [1.807, 2.05) is 5.73 Å². The first-order valence-electron chi connectivity index (χ1n) is 6.89. The Hall–Kier alpha value is -1.85. The van der Waals surface area contributed by atoms with Crippen LogP contribution in [0.3, 0.4) is 0 Å². The van der Waals surface area contributed by atoms with Gasteiger partial charge in [0.1, 0.15) is 25.8 Å². The number of nitrogens with one attached hydrogen (secondary N) is 1. The van der Waals surface area contributed by atoms with Crippen LogP contribution < -0.4 is 5.73 Å². The number of aromatic amines is 1. The fraction of sp³-hybridized carbons (Fsp3) is 0.583. The molecule has 22 heavy (non-hydrogen) atoms. The van der Waals surface area contributed by atoms with E-state index in [0.717, 1.165) is 0 Å². The van der Waals surface area contributed by atoms with E-state index < -0.39 is 43.0 Å². The Labute approximate surface area is 127 Å². The molecule has 1 heterocycles. The molecule has 0 aliphatic rings. The minimum atomic E-state index is -1.93. The predicted octanol–water partition coefficient (Wildman–Crippen LogP) is -3.53. The number of rotatable bonds is 10. The summed E-state index contributed by atoms with van der Waals surface area (Å²) in [7, 11) is 0. The van der Waals surface area contributed by atoms with Gasteiger partial charge in [-0.25, -0.2) is 4.98 Å². The summed E-state index contributed by atoms with van der Waals surface area (Å²) in [6.07, 6.45) is -4.39. The van der Waals surface area contributed by atoms with Gasteiger partial charge in [0, 0.05) is 18.3 Å². The molecule has 1 aromatic heterocycles. The molecule has 0 aliphatic carbocycles. The van der Waals surface area contributed by atoms with Crippen LogP contribution in [0.25, 0.3) is 0 Å². The summed E-state index contributed by atoms with van der Waals surface area (Å²) in [6, 6.07) is -1.15. The molecule has 0 saturated heterocycles. The minimum absolute atomic E-state index is 0.0197. The van der Waals surface area contributed by atoms with Crippen LogP contribution in [0.5, 0.6) is 0 Å². The standard InChI is InChI=1S/C12H19N3O7/c13-7(1-6-2-14-5-15-6)12(21)22-9(4-17)11(20)10(19)8(18)3-16/h2,4-5,7-11,16,18-20H,1,3,13H2,(H,14,15)/t7-,8+,9-,10+,11+/m0/s1/i/hD. The molecule has 0 aromatic carbocycles. The highest BCUT2D eigenvalue weighted by Gasteiger charge is 2.34. The highest BCUT2D eigenvalue weighted by atomic mass is 16.6.